The summed E-state index contributed by atoms with van der Waals surface area (Å²) < 4.78 is 10.8. The summed E-state index contributed by atoms with van der Waals surface area (Å²) in [5.41, 5.74) is 1.15. The minimum atomic E-state index is 0.0409. The molecule has 0 saturated carbocycles. The van der Waals surface area contributed by atoms with Crippen LogP contribution in [0.5, 0.6) is 0 Å². The van der Waals surface area contributed by atoms with Crippen LogP contribution in [0.15, 0.2) is 30.3 Å². The summed E-state index contributed by atoms with van der Waals surface area (Å²) in [6.07, 6.45) is 0.841. The quantitative estimate of drug-likeness (QED) is 0.733. The fraction of sp³-hybridized carbons (Fsp3) is 0.533. The first-order chi connectivity index (χ1) is 9.27. The van der Waals surface area contributed by atoms with Gasteiger partial charge in [0.05, 0.1) is 25.7 Å². The Morgan fingerprint density at radius 2 is 2.21 bits per heavy atom. The van der Waals surface area contributed by atoms with E-state index in [2.05, 4.69) is 0 Å². The van der Waals surface area contributed by atoms with Crippen LogP contribution in [0.3, 0.4) is 0 Å². The molecule has 1 saturated heterocycles. The Morgan fingerprint density at radius 3 is 2.89 bits per heavy atom. The molecular formula is C15H21NO3. The SMILES string of the molecule is CN(CCOCc1ccccc1)C(=O)[C@H]1CCOC1. The molecule has 1 aromatic carbocycles. The van der Waals surface area contributed by atoms with E-state index in [1.165, 1.54) is 0 Å². The van der Waals surface area contributed by atoms with E-state index in [4.69, 9.17) is 9.47 Å². The molecule has 4 heteroatoms. The van der Waals surface area contributed by atoms with Crippen molar-refractivity contribution >= 4 is 5.91 Å². The first-order valence-corrected chi connectivity index (χ1v) is 6.72. The maximum atomic E-state index is 12.0. The van der Waals surface area contributed by atoms with E-state index < -0.39 is 0 Å². The third-order valence-corrected chi connectivity index (χ3v) is 3.34. The monoisotopic (exact) mass is 263 g/mol. The Labute approximate surface area is 114 Å². The van der Waals surface area contributed by atoms with Crippen molar-refractivity contribution in [2.45, 2.75) is 13.0 Å². The molecule has 19 heavy (non-hydrogen) atoms. The van der Waals surface area contributed by atoms with Gasteiger partial charge in [-0.05, 0) is 12.0 Å². The number of rotatable bonds is 6. The molecule has 2 rings (SSSR count). The molecule has 4 nitrogen and oxygen atoms in total. The highest BCUT2D eigenvalue weighted by atomic mass is 16.5. The Kier molecular flexibility index (Phi) is 5.36. The molecule has 0 unspecified atom stereocenters. The van der Waals surface area contributed by atoms with Crippen LogP contribution in [0.25, 0.3) is 0 Å². The molecule has 1 heterocycles. The second-order valence-electron chi connectivity index (χ2n) is 4.86. The molecule has 0 bridgehead atoms. The number of carbonyl (C=O) groups excluding carboxylic acids is 1. The third-order valence-electron chi connectivity index (χ3n) is 3.34. The lowest BCUT2D eigenvalue weighted by molar-refractivity contribution is -0.134. The predicted octanol–water partition coefficient (Wildman–Crippen LogP) is 1.70. The molecule has 1 fully saturated rings. The lowest BCUT2D eigenvalue weighted by atomic mass is 10.1. The standard InChI is InChI=1S/C15H21NO3/c1-16(15(17)14-7-9-18-12-14)8-10-19-11-13-5-3-2-4-6-13/h2-6,14H,7-12H2,1H3/t14-/m0/s1. The summed E-state index contributed by atoms with van der Waals surface area (Å²) in [7, 11) is 1.83. The first-order valence-electron chi connectivity index (χ1n) is 6.72. The number of nitrogens with zero attached hydrogens (tertiary/aromatic N) is 1. The minimum Gasteiger partial charge on any atom is -0.381 e. The van der Waals surface area contributed by atoms with Crippen molar-refractivity contribution in [2.75, 3.05) is 33.4 Å². The molecule has 1 amide bonds. The van der Waals surface area contributed by atoms with Crippen LogP contribution in [-0.2, 0) is 20.9 Å². The van der Waals surface area contributed by atoms with Gasteiger partial charge in [0.15, 0.2) is 0 Å². The van der Waals surface area contributed by atoms with Crippen molar-refractivity contribution in [3.8, 4) is 0 Å². The van der Waals surface area contributed by atoms with Gasteiger partial charge in [-0.25, -0.2) is 0 Å². The lowest BCUT2D eigenvalue weighted by Crippen LogP contribution is -2.35. The Bertz CT molecular complexity index is 388. The van der Waals surface area contributed by atoms with E-state index in [-0.39, 0.29) is 11.8 Å². The van der Waals surface area contributed by atoms with Gasteiger partial charge < -0.3 is 14.4 Å². The number of hydrogen-bond donors (Lipinski definition) is 0. The zero-order valence-electron chi connectivity index (χ0n) is 11.4. The summed E-state index contributed by atoms with van der Waals surface area (Å²) >= 11 is 0. The fourth-order valence-corrected chi connectivity index (χ4v) is 2.12. The molecule has 1 atom stereocenters. The number of likely N-dealkylation sites (N-methyl/N-ethyl adjacent to an activating group) is 1. The second kappa shape index (κ2) is 7.26. The van der Waals surface area contributed by atoms with Gasteiger partial charge in [0.2, 0.25) is 5.91 Å². The minimum absolute atomic E-state index is 0.0409. The molecule has 104 valence electrons. The van der Waals surface area contributed by atoms with Gasteiger partial charge in [-0.3, -0.25) is 4.79 Å². The van der Waals surface area contributed by atoms with E-state index in [0.717, 1.165) is 12.0 Å². The summed E-state index contributed by atoms with van der Waals surface area (Å²) in [5, 5.41) is 0. The van der Waals surface area contributed by atoms with E-state index >= 15 is 0 Å². The number of ether oxygens (including phenoxy) is 2. The van der Waals surface area contributed by atoms with Crippen molar-refractivity contribution in [3.63, 3.8) is 0 Å². The average molecular weight is 263 g/mol. The number of amides is 1. The van der Waals surface area contributed by atoms with Gasteiger partial charge in [0.25, 0.3) is 0 Å². The molecule has 0 aromatic heterocycles. The fourth-order valence-electron chi connectivity index (χ4n) is 2.12. The summed E-state index contributed by atoms with van der Waals surface area (Å²) in [6, 6.07) is 10.0. The zero-order chi connectivity index (χ0) is 13.5. The summed E-state index contributed by atoms with van der Waals surface area (Å²) in [5.74, 6) is 0.208. The van der Waals surface area contributed by atoms with E-state index in [1.54, 1.807) is 4.90 Å². The van der Waals surface area contributed by atoms with Crippen LogP contribution in [-0.4, -0.2) is 44.2 Å². The molecule has 0 spiro atoms. The molecule has 1 aliphatic heterocycles. The Morgan fingerprint density at radius 1 is 1.42 bits per heavy atom. The molecule has 1 aliphatic rings. The van der Waals surface area contributed by atoms with Gasteiger partial charge in [-0.1, -0.05) is 30.3 Å². The van der Waals surface area contributed by atoms with Crippen molar-refractivity contribution in [2.24, 2.45) is 5.92 Å². The van der Waals surface area contributed by atoms with E-state index in [0.29, 0.717) is 33.0 Å². The zero-order valence-corrected chi connectivity index (χ0v) is 11.4. The largest absolute Gasteiger partial charge is 0.381 e. The number of benzene rings is 1. The molecular weight excluding hydrogens is 242 g/mol. The number of hydrogen-bond acceptors (Lipinski definition) is 3. The van der Waals surface area contributed by atoms with Gasteiger partial charge in [0.1, 0.15) is 0 Å². The topological polar surface area (TPSA) is 38.8 Å². The molecule has 0 N–H and O–H groups in total. The van der Waals surface area contributed by atoms with Crippen molar-refractivity contribution in [1.82, 2.24) is 4.90 Å². The molecule has 1 aromatic rings. The maximum absolute atomic E-state index is 12.0. The van der Waals surface area contributed by atoms with Gasteiger partial charge >= 0.3 is 0 Å². The van der Waals surface area contributed by atoms with Crippen LogP contribution in [0, 0.1) is 5.92 Å². The van der Waals surface area contributed by atoms with Crippen molar-refractivity contribution < 1.29 is 14.3 Å². The normalized spacial score (nSPS) is 18.5. The van der Waals surface area contributed by atoms with E-state index in [9.17, 15) is 4.79 Å². The highest BCUT2D eigenvalue weighted by molar-refractivity contribution is 5.78. The highest BCUT2D eigenvalue weighted by Crippen LogP contribution is 2.14. The Balaban J connectivity index is 1.63. The van der Waals surface area contributed by atoms with Crippen LogP contribution in [0.2, 0.25) is 0 Å². The summed E-state index contributed by atoms with van der Waals surface area (Å²) in [4.78, 5) is 13.7. The predicted molar refractivity (Wildman–Crippen MR) is 72.7 cm³/mol. The van der Waals surface area contributed by atoms with Gasteiger partial charge in [0, 0.05) is 20.2 Å². The van der Waals surface area contributed by atoms with Gasteiger partial charge in [-0.15, -0.1) is 0 Å². The lowest BCUT2D eigenvalue weighted by Gasteiger charge is -2.20. The second-order valence-corrected chi connectivity index (χ2v) is 4.86. The van der Waals surface area contributed by atoms with Gasteiger partial charge in [-0.2, -0.15) is 0 Å². The summed E-state index contributed by atoms with van der Waals surface area (Å²) in [6.45, 7) is 3.05. The smallest absolute Gasteiger partial charge is 0.227 e. The van der Waals surface area contributed by atoms with E-state index in [1.807, 2.05) is 37.4 Å². The molecule has 0 aliphatic carbocycles. The van der Waals surface area contributed by atoms with Crippen molar-refractivity contribution in [1.29, 1.82) is 0 Å². The highest BCUT2D eigenvalue weighted by Gasteiger charge is 2.25. The van der Waals surface area contributed by atoms with Crippen LogP contribution in [0.1, 0.15) is 12.0 Å². The molecule has 0 radical (unpaired) electrons. The maximum Gasteiger partial charge on any atom is 0.227 e. The van der Waals surface area contributed by atoms with Crippen LogP contribution < -0.4 is 0 Å². The van der Waals surface area contributed by atoms with Crippen LogP contribution in [0.4, 0.5) is 0 Å². The van der Waals surface area contributed by atoms with Crippen LogP contribution >= 0.6 is 0 Å². The first kappa shape index (κ1) is 14.0. The number of carbonyl (C=O) groups is 1. The third kappa shape index (κ3) is 4.33. The van der Waals surface area contributed by atoms with Crippen molar-refractivity contribution in [3.05, 3.63) is 35.9 Å². The average Bonchev–Trinajstić information content (AvgIpc) is 2.98. The Hall–Kier alpha value is -1.39.